The van der Waals surface area contributed by atoms with Crippen molar-refractivity contribution in [3.8, 4) is 6.07 Å². The number of aliphatic hydroxyl groups is 1. The smallest absolute Gasteiger partial charge is 0.313 e. The summed E-state index contributed by atoms with van der Waals surface area (Å²) in [6.45, 7) is 0.639. The molecule has 0 spiro atoms. The largest absolute Gasteiger partial charge is 0.394 e. The lowest BCUT2D eigenvalue weighted by molar-refractivity contribution is 0.144. The minimum absolute atomic E-state index is 0.0558. The van der Waals surface area contributed by atoms with E-state index in [1.165, 1.54) is 0 Å². The van der Waals surface area contributed by atoms with Gasteiger partial charge in [0.05, 0.1) is 51.6 Å². The topological polar surface area (TPSA) is 115 Å². The highest BCUT2D eigenvalue weighted by molar-refractivity contribution is 8.45. The molecule has 202 valence electrons. The second-order valence-electron chi connectivity index (χ2n) is 9.80. The van der Waals surface area contributed by atoms with Crippen LogP contribution in [0.5, 0.6) is 0 Å². The minimum atomic E-state index is -9.84. The van der Waals surface area contributed by atoms with Crippen molar-refractivity contribution in [1.29, 1.82) is 5.26 Å². The zero-order valence-corrected chi connectivity index (χ0v) is 21.2. The number of rotatable bonds is 6. The van der Waals surface area contributed by atoms with Gasteiger partial charge in [-0.25, -0.2) is 15.0 Å². The molecular formula is C22H25F5N6O2S2. The van der Waals surface area contributed by atoms with E-state index < -0.39 is 31.5 Å². The second-order valence-corrected chi connectivity index (χ2v) is 13.7. The van der Waals surface area contributed by atoms with Crippen LogP contribution in [0.2, 0.25) is 0 Å². The number of aliphatic hydroxyl groups excluding tert-OH is 1. The van der Waals surface area contributed by atoms with E-state index in [9.17, 15) is 34.0 Å². The number of nitrogens with zero attached hydrogens (tertiary/aromatic N) is 5. The molecule has 3 aliphatic rings. The number of nitriles is 1. The van der Waals surface area contributed by atoms with Crippen molar-refractivity contribution in [1.82, 2.24) is 15.0 Å². The van der Waals surface area contributed by atoms with Gasteiger partial charge in [0.15, 0.2) is 0 Å². The summed E-state index contributed by atoms with van der Waals surface area (Å²) in [5.41, 5.74) is 0.753. The number of anilines is 2. The summed E-state index contributed by atoms with van der Waals surface area (Å²) < 4.78 is 77.7. The molecule has 2 aromatic rings. The molecule has 5 rings (SSSR count). The zero-order chi connectivity index (χ0) is 26.7. The highest BCUT2D eigenvalue weighted by Crippen LogP contribution is 3.01. The van der Waals surface area contributed by atoms with Gasteiger partial charge in [-0.05, 0) is 32.1 Å². The molecular weight excluding hydrogens is 539 g/mol. The van der Waals surface area contributed by atoms with Crippen LogP contribution in [0, 0.1) is 11.3 Å². The molecule has 1 atom stereocenters. The maximum Gasteiger partial charge on any atom is 0.313 e. The Bertz CT molecular complexity index is 1300. The van der Waals surface area contributed by atoms with Crippen LogP contribution in [-0.4, -0.2) is 55.3 Å². The Morgan fingerprint density at radius 3 is 2.35 bits per heavy atom. The van der Waals surface area contributed by atoms with Gasteiger partial charge in [-0.3, -0.25) is 4.21 Å². The molecule has 1 saturated carbocycles. The van der Waals surface area contributed by atoms with Crippen molar-refractivity contribution >= 4 is 32.5 Å². The Hall–Kier alpha value is -2.57. The molecule has 4 heterocycles. The van der Waals surface area contributed by atoms with Gasteiger partial charge in [0.25, 0.3) is 0 Å². The van der Waals surface area contributed by atoms with E-state index in [4.69, 9.17) is 0 Å². The lowest BCUT2D eigenvalue weighted by Gasteiger charge is -2.42. The van der Waals surface area contributed by atoms with Crippen molar-refractivity contribution in [2.75, 3.05) is 35.7 Å². The van der Waals surface area contributed by atoms with Gasteiger partial charge in [0.1, 0.15) is 28.2 Å². The SMILES string of the molecule is N#Cc1c(N2CCC(c3ncc(S(F)(F)(F)(F)F)cn3)CC2)nc2c(c1NC1(CO)CCC1)[S@@](=O)CC2. The average Bonchev–Trinajstić information content (AvgIpc) is 3.20. The fourth-order valence-electron chi connectivity index (χ4n) is 5.04. The third kappa shape index (κ3) is 4.86. The van der Waals surface area contributed by atoms with Gasteiger partial charge in [-0.15, -0.1) is 0 Å². The summed E-state index contributed by atoms with van der Waals surface area (Å²) in [6, 6.07) is 2.20. The van der Waals surface area contributed by atoms with Gasteiger partial charge in [0, 0.05) is 31.2 Å². The first-order valence-electron chi connectivity index (χ1n) is 11.8. The van der Waals surface area contributed by atoms with Crippen molar-refractivity contribution < 1.29 is 28.7 Å². The average molecular weight is 565 g/mol. The number of aromatic nitrogens is 3. The Kier molecular flexibility index (Phi) is 5.78. The fraction of sp³-hybridized carbons (Fsp3) is 0.545. The van der Waals surface area contributed by atoms with Gasteiger partial charge >= 0.3 is 10.2 Å². The van der Waals surface area contributed by atoms with E-state index in [2.05, 4.69) is 26.3 Å². The molecule has 0 amide bonds. The standard InChI is InChI=1S/C22H25F5N6O2S2/c23-37(24,25,26,27)15-11-29-20(30-12-15)14-2-7-33(8-3-14)21-16(10-28)18(32-22(13-34)5-1-6-22)19-17(31-21)4-9-36(19)35/h11-12,14,34H,1-9,13H2,(H,31,32)/t36-/m0/s1. The summed E-state index contributed by atoms with van der Waals surface area (Å²) in [6.07, 6.45) is 3.97. The van der Waals surface area contributed by atoms with Crippen LogP contribution >= 0.6 is 10.2 Å². The molecule has 0 bridgehead atoms. The normalized spacial score (nSPS) is 23.4. The van der Waals surface area contributed by atoms with Gasteiger partial charge in [0.2, 0.25) is 0 Å². The first kappa shape index (κ1) is 26.1. The highest BCUT2D eigenvalue weighted by Gasteiger charge is 2.66. The Balaban J connectivity index is 1.40. The van der Waals surface area contributed by atoms with E-state index in [0.29, 0.717) is 60.2 Å². The van der Waals surface area contributed by atoms with Crippen LogP contribution in [-0.2, 0) is 17.2 Å². The maximum absolute atomic E-state index is 13.0. The van der Waals surface area contributed by atoms with E-state index in [1.807, 2.05) is 4.90 Å². The predicted molar refractivity (Wildman–Crippen MR) is 129 cm³/mol. The van der Waals surface area contributed by atoms with E-state index in [1.54, 1.807) is 0 Å². The summed E-state index contributed by atoms with van der Waals surface area (Å²) in [4.78, 5) is 12.1. The van der Waals surface area contributed by atoms with Crippen LogP contribution in [0.25, 0.3) is 0 Å². The molecule has 15 heteroatoms. The molecule has 2 aromatic heterocycles. The molecule has 8 nitrogen and oxygen atoms in total. The summed E-state index contributed by atoms with van der Waals surface area (Å²) in [5, 5.41) is 23.4. The molecule has 0 aromatic carbocycles. The molecule has 2 N–H and O–H groups in total. The van der Waals surface area contributed by atoms with Gasteiger partial charge in [-0.1, -0.05) is 19.4 Å². The zero-order valence-electron chi connectivity index (χ0n) is 19.6. The molecule has 2 aliphatic heterocycles. The van der Waals surface area contributed by atoms with Crippen LogP contribution in [0.1, 0.15) is 55.1 Å². The molecule has 0 radical (unpaired) electrons. The van der Waals surface area contributed by atoms with Crippen LogP contribution < -0.4 is 10.2 Å². The third-order valence-corrected chi connectivity index (χ3v) is 9.90. The Morgan fingerprint density at radius 1 is 1.19 bits per heavy atom. The second kappa shape index (κ2) is 8.21. The third-order valence-electron chi connectivity index (χ3n) is 7.32. The number of nitrogens with one attached hydrogen (secondary N) is 1. The molecule has 2 fully saturated rings. The van der Waals surface area contributed by atoms with Crippen molar-refractivity contribution in [2.24, 2.45) is 0 Å². The van der Waals surface area contributed by atoms with Crippen molar-refractivity contribution in [3.63, 3.8) is 0 Å². The highest BCUT2D eigenvalue weighted by atomic mass is 32.5. The summed E-state index contributed by atoms with van der Waals surface area (Å²) in [5.74, 6) is 0.527. The van der Waals surface area contributed by atoms with E-state index >= 15 is 0 Å². The monoisotopic (exact) mass is 564 g/mol. The number of piperidine rings is 1. The number of hydrogen-bond acceptors (Lipinski definition) is 8. The Morgan fingerprint density at radius 2 is 1.84 bits per heavy atom. The van der Waals surface area contributed by atoms with Gasteiger partial charge < -0.3 is 15.3 Å². The van der Waals surface area contributed by atoms with E-state index in [-0.39, 0.29) is 36.3 Å². The van der Waals surface area contributed by atoms with Crippen LogP contribution in [0.3, 0.4) is 0 Å². The molecule has 1 saturated heterocycles. The van der Waals surface area contributed by atoms with Crippen molar-refractivity contribution in [3.05, 3.63) is 29.5 Å². The van der Waals surface area contributed by atoms with Crippen LogP contribution in [0.15, 0.2) is 22.2 Å². The van der Waals surface area contributed by atoms with Gasteiger partial charge in [-0.2, -0.15) is 5.26 Å². The number of aryl methyl sites for hydroxylation is 1. The predicted octanol–water partition coefficient (Wildman–Crippen LogP) is 4.78. The lowest BCUT2D eigenvalue weighted by Crippen LogP contribution is -2.48. The van der Waals surface area contributed by atoms with Crippen LogP contribution in [0.4, 0.5) is 30.9 Å². The first-order valence-corrected chi connectivity index (χ1v) is 15.1. The summed E-state index contributed by atoms with van der Waals surface area (Å²) >= 11 is 0. The van der Waals surface area contributed by atoms with E-state index in [0.717, 1.165) is 19.3 Å². The van der Waals surface area contributed by atoms with Crippen molar-refractivity contribution in [2.45, 2.75) is 59.8 Å². The number of pyridine rings is 1. The summed E-state index contributed by atoms with van der Waals surface area (Å²) in [7, 11) is -11.2. The maximum atomic E-state index is 13.0. The minimum Gasteiger partial charge on any atom is -0.394 e. The molecule has 37 heavy (non-hydrogen) atoms. The number of hydrogen-bond donors (Lipinski definition) is 2. The number of halogens is 5. The molecule has 0 unspecified atom stereocenters. The Labute approximate surface area is 212 Å². The number of fused-ring (bicyclic) bond motifs is 1. The molecule has 1 aliphatic carbocycles. The lowest BCUT2D eigenvalue weighted by atomic mass is 9.77. The quantitative estimate of drug-likeness (QED) is 0.482. The first-order chi connectivity index (χ1) is 17.2. The fourth-order valence-corrected chi connectivity index (χ4v) is 6.92.